The van der Waals surface area contributed by atoms with Crippen molar-refractivity contribution < 1.29 is 0 Å². The molecule has 0 aliphatic heterocycles. The molecule has 1 unspecified atom stereocenters. The van der Waals surface area contributed by atoms with Gasteiger partial charge in [0.2, 0.25) is 0 Å². The lowest BCUT2D eigenvalue weighted by molar-refractivity contribution is 0.748. The summed E-state index contributed by atoms with van der Waals surface area (Å²) < 4.78 is 0. The van der Waals surface area contributed by atoms with E-state index in [0.29, 0.717) is 0 Å². The normalized spacial score (nSPS) is 19.5. The molecular formula is C11H17N. The van der Waals surface area contributed by atoms with Crippen LogP contribution in [0.2, 0.25) is 0 Å². The van der Waals surface area contributed by atoms with Crippen LogP contribution in [0.4, 0.5) is 0 Å². The standard InChI is InChI=1S/C11H17N/c1-3-11(12)8-10-7-5-4-6-9(10)2/h3-4,6,11H,1,5,7-8,12H2,2H3. The third-order valence-corrected chi connectivity index (χ3v) is 2.32. The summed E-state index contributed by atoms with van der Waals surface area (Å²) in [5.41, 5.74) is 8.67. The zero-order chi connectivity index (χ0) is 8.97. The van der Waals surface area contributed by atoms with Gasteiger partial charge >= 0.3 is 0 Å². The second-order valence-corrected chi connectivity index (χ2v) is 3.33. The molecule has 0 bridgehead atoms. The molecule has 0 fully saturated rings. The SMILES string of the molecule is C=CC(N)CC1=C(C)C=CCC1. The van der Waals surface area contributed by atoms with Crippen LogP contribution in [-0.4, -0.2) is 6.04 Å². The summed E-state index contributed by atoms with van der Waals surface area (Å²) in [6.07, 6.45) is 9.53. The molecule has 66 valence electrons. The summed E-state index contributed by atoms with van der Waals surface area (Å²) in [6.45, 7) is 5.84. The van der Waals surface area contributed by atoms with Gasteiger partial charge in [-0.15, -0.1) is 6.58 Å². The maximum Gasteiger partial charge on any atom is 0.0259 e. The molecule has 1 heteroatoms. The van der Waals surface area contributed by atoms with Crippen LogP contribution in [0.15, 0.2) is 36.0 Å². The third-order valence-electron chi connectivity index (χ3n) is 2.32. The lowest BCUT2D eigenvalue weighted by Gasteiger charge is -2.15. The van der Waals surface area contributed by atoms with Crippen molar-refractivity contribution in [3.63, 3.8) is 0 Å². The molecular weight excluding hydrogens is 146 g/mol. The molecule has 2 N–H and O–H groups in total. The topological polar surface area (TPSA) is 26.0 Å². The van der Waals surface area contributed by atoms with Crippen LogP contribution < -0.4 is 5.73 Å². The minimum absolute atomic E-state index is 0.126. The molecule has 0 aromatic rings. The van der Waals surface area contributed by atoms with Crippen molar-refractivity contribution in [1.29, 1.82) is 0 Å². The molecule has 1 nitrogen and oxygen atoms in total. The third kappa shape index (κ3) is 2.35. The van der Waals surface area contributed by atoms with Gasteiger partial charge in [0.1, 0.15) is 0 Å². The Hall–Kier alpha value is -0.820. The predicted molar refractivity (Wildman–Crippen MR) is 53.9 cm³/mol. The molecule has 0 spiro atoms. The second-order valence-electron chi connectivity index (χ2n) is 3.33. The second kappa shape index (κ2) is 4.27. The highest BCUT2D eigenvalue weighted by Gasteiger charge is 2.07. The lowest BCUT2D eigenvalue weighted by atomic mass is 9.93. The van der Waals surface area contributed by atoms with E-state index in [0.717, 1.165) is 12.8 Å². The van der Waals surface area contributed by atoms with Gasteiger partial charge in [-0.2, -0.15) is 0 Å². The van der Waals surface area contributed by atoms with Gasteiger partial charge in [0, 0.05) is 6.04 Å². The first-order valence-electron chi connectivity index (χ1n) is 4.47. The fourth-order valence-corrected chi connectivity index (χ4v) is 1.46. The molecule has 1 aliphatic carbocycles. The van der Waals surface area contributed by atoms with Crippen LogP contribution in [-0.2, 0) is 0 Å². The molecule has 0 saturated carbocycles. The highest BCUT2D eigenvalue weighted by Crippen LogP contribution is 2.22. The first-order valence-corrected chi connectivity index (χ1v) is 4.47. The van der Waals surface area contributed by atoms with Crippen molar-refractivity contribution in [1.82, 2.24) is 0 Å². The Balaban J connectivity index is 2.60. The molecule has 0 radical (unpaired) electrons. The van der Waals surface area contributed by atoms with Crippen LogP contribution in [0.1, 0.15) is 26.2 Å². The van der Waals surface area contributed by atoms with Gasteiger partial charge in [0.25, 0.3) is 0 Å². The van der Waals surface area contributed by atoms with Gasteiger partial charge < -0.3 is 5.73 Å². The Kier molecular flexibility index (Phi) is 3.30. The largest absolute Gasteiger partial charge is 0.324 e. The lowest BCUT2D eigenvalue weighted by Crippen LogP contribution is -2.17. The van der Waals surface area contributed by atoms with Crippen molar-refractivity contribution >= 4 is 0 Å². The minimum Gasteiger partial charge on any atom is -0.324 e. The smallest absolute Gasteiger partial charge is 0.0259 e. The van der Waals surface area contributed by atoms with E-state index in [2.05, 4.69) is 25.7 Å². The van der Waals surface area contributed by atoms with Gasteiger partial charge in [-0.1, -0.05) is 29.4 Å². The average Bonchev–Trinajstić information content (AvgIpc) is 2.09. The highest BCUT2D eigenvalue weighted by atomic mass is 14.6. The fraction of sp³-hybridized carbons (Fsp3) is 0.455. The van der Waals surface area contributed by atoms with E-state index < -0.39 is 0 Å². The Morgan fingerprint density at radius 3 is 3.08 bits per heavy atom. The van der Waals surface area contributed by atoms with Gasteiger partial charge in [0.15, 0.2) is 0 Å². The summed E-state index contributed by atoms with van der Waals surface area (Å²) in [5, 5.41) is 0. The number of hydrogen-bond donors (Lipinski definition) is 1. The molecule has 1 aliphatic rings. The van der Waals surface area contributed by atoms with Gasteiger partial charge in [-0.25, -0.2) is 0 Å². The first kappa shape index (κ1) is 9.27. The fourth-order valence-electron chi connectivity index (χ4n) is 1.46. The van der Waals surface area contributed by atoms with Crippen molar-refractivity contribution in [3.8, 4) is 0 Å². The van der Waals surface area contributed by atoms with E-state index >= 15 is 0 Å². The van der Waals surface area contributed by atoms with Crippen molar-refractivity contribution in [3.05, 3.63) is 36.0 Å². The van der Waals surface area contributed by atoms with Crippen LogP contribution >= 0.6 is 0 Å². The summed E-state index contributed by atoms with van der Waals surface area (Å²) in [7, 11) is 0. The number of rotatable bonds is 3. The van der Waals surface area contributed by atoms with Gasteiger partial charge in [-0.05, 0) is 26.2 Å². The molecule has 12 heavy (non-hydrogen) atoms. The Morgan fingerprint density at radius 2 is 2.50 bits per heavy atom. The van der Waals surface area contributed by atoms with E-state index in [9.17, 15) is 0 Å². The van der Waals surface area contributed by atoms with Crippen molar-refractivity contribution in [2.75, 3.05) is 0 Å². The Morgan fingerprint density at radius 1 is 1.75 bits per heavy atom. The molecule has 1 rings (SSSR count). The van der Waals surface area contributed by atoms with E-state index in [1.54, 1.807) is 0 Å². The molecule has 0 heterocycles. The van der Waals surface area contributed by atoms with Crippen molar-refractivity contribution in [2.24, 2.45) is 5.73 Å². The van der Waals surface area contributed by atoms with Crippen molar-refractivity contribution in [2.45, 2.75) is 32.2 Å². The first-order chi connectivity index (χ1) is 5.74. The average molecular weight is 163 g/mol. The number of allylic oxidation sites excluding steroid dienone is 3. The van der Waals surface area contributed by atoms with E-state index in [-0.39, 0.29) is 6.04 Å². The summed E-state index contributed by atoms with van der Waals surface area (Å²) in [5.74, 6) is 0. The molecule has 1 atom stereocenters. The quantitative estimate of drug-likeness (QED) is 0.636. The highest BCUT2D eigenvalue weighted by molar-refractivity contribution is 5.28. The zero-order valence-electron chi connectivity index (χ0n) is 7.72. The zero-order valence-corrected chi connectivity index (χ0v) is 7.72. The Bertz CT molecular complexity index is 223. The van der Waals surface area contributed by atoms with Gasteiger partial charge in [0.05, 0.1) is 0 Å². The summed E-state index contributed by atoms with van der Waals surface area (Å²) in [4.78, 5) is 0. The number of nitrogens with two attached hydrogens (primary N) is 1. The van der Waals surface area contributed by atoms with Crippen LogP contribution in [0.3, 0.4) is 0 Å². The molecule has 0 aromatic heterocycles. The molecule has 0 saturated heterocycles. The van der Waals surface area contributed by atoms with Crippen LogP contribution in [0.5, 0.6) is 0 Å². The van der Waals surface area contributed by atoms with E-state index in [4.69, 9.17) is 5.73 Å². The summed E-state index contributed by atoms with van der Waals surface area (Å²) >= 11 is 0. The maximum absolute atomic E-state index is 5.79. The monoisotopic (exact) mass is 163 g/mol. The van der Waals surface area contributed by atoms with Crippen LogP contribution in [0.25, 0.3) is 0 Å². The Labute approximate surface area is 74.7 Å². The van der Waals surface area contributed by atoms with Crippen LogP contribution in [0, 0.1) is 0 Å². The predicted octanol–water partition coefficient (Wildman–Crippen LogP) is 2.56. The summed E-state index contributed by atoms with van der Waals surface area (Å²) in [6, 6.07) is 0.126. The minimum atomic E-state index is 0.126. The maximum atomic E-state index is 5.79. The van der Waals surface area contributed by atoms with Gasteiger partial charge in [-0.3, -0.25) is 0 Å². The van der Waals surface area contributed by atoms with E-state index in [1.165, 1.54) is 17.6 Å². The number of hydrogen-bond acceptors (Lipinski definition) is 1. The van der Waals surface area contributed by atoms with E-state index in [1.807, 2.05) is 6.08 Å². The molecule has 0 amide bonds. The molecule has 0 aromatic carbocycles.